The fourth-order valence-electron chi connectivity index (χ4n) is 3.19. The van der Waals surface area contributed by atoms with Crippen LogP contribution in [0.2, 0.25) is 0 Å². The van der Waals surface area contributed by atoms with Gasteiger partial charge in [-0.1, -0.05) is 60.7 Å². The Hall–Kier alpha value is -3.67. The molecular formula is C22H21N5O. The van der Waals surface area contributed by atoms with Crippen LogP contribution in [0.1, 0.15) is 11.6 Å². The van der Waals surface area contributed by atoms with E-state index in [1.54, 1.807) is 12.4 Å². The van der Waals surface area contributed by atoms with Gasteiger partial charge in [0.1, 0.15) is 12.4 Å². The molecule has 1 atom stereocenters. The van der Waals surface area contributed by atoms with E-state index < -0.39 is 0 Å². The Morgan fingerprint density at radius 2 is 1.68 bits per heavy atom. The lowest BCUT2D eigenvalue weighted by atomic mass is 10.1. The molecule has 6 heteroatoms. The maximum absolute atomic E-state index is 12.8. The van der Waals surface area contributed by atoms with Gasteiger partial charge < -0.3 is 9.88 Å². The molecule has 4 rings (SSSR count). The predicted molar refractivity (Wildman–Crippen MR) is 107 cm³/mol. The molecule has 2 aromatic carbocycles. The summed E-state index contributed by atoms with van der Waals surface area (Å²) in [6.45, 7) is 0.769. The number of imidazole rings is 1. The number of carbonyl (C=O) groups excluding carboxylic acids is 1. The molecule has 0 saturated carbocycles. The number of nitrogens with one attached hydrogen (secondary N) is 1. The lowest BCUT2D eigenvalue weighted by Gasteiger charge is -2.20. The van der Waals surface area contributed by atoms with Crippen molar-refractivity contribution in [3.05, 3.63) is 97.1 Å². The minimum Gasteiger partial charge on any atom is -0.346 e. The molecule has 0 aliphatic rings. The van der Waals surface area contributed by atoms with Crippen molar-refractivity contribution in [3.63, 3.8) is 0 Å². The van der Waals surface area contributed by atoms with Gasteiger partial charge in [0.15, 0.2) is 0 Å². The van der Waals surface area contributed by atoms with Crippen molar-refractivity contribution in [2.45, 2.75) is 19.1 Å². The molecule has 0 radical (unpaired) electrons. The molecule has 6 nitrogen and oxygen atoms in total. The van der Waals surface area contributed by atoms with Crippen molar-refractivity contribution in [1.29, 1.82) is 0 Å². The molecule has 140 valence electrons. The van der Waals surface area contributed by atoms with Gasteiger partial charge in [0.2, 0.25) is 5.91 Å². The highest BCUT2D eigenvalue weighted by atomic mass is 16.2. The highest BCUT2D eigenvalue weighted by molar-refractivity contribution is 5.77. The van der Waals surface area contributed by atoms with E-state index >= 15 is 0 Å². The van der Waals surface area contributed by atoms with Gasteiger partial charge in [-0.25, -0.2) is 4.98 Å². The van der Waals surface area contributed by atoms with Crippen LogP contribution < -0.4 is 5.32 Å². The molecule has 0 saturated heterocycles. The van der Waals surface area contributed by atoms with Crippen molar-refractivity contribution < 1.29 is 4.79 Å². The van der Waals surface area contributed by atoms with E-state index in [0.717, 1.165) is 17.0 Å². The predicted octanol–water partition coefficient (Wildman–Crippen LogP) is 3.30. The van der Waals surface area contributed by atoms with Crippen molar-refractivity contribution in [3.8, 4) is 11.4 Å². The van der Waals surface area contributed by atoms with Crippen LogP contribution in [-0.2, 0) is 17.9 Å². The third-order valence-corrected chi connectivity index (χ3v) is 4.53. The van der Waals surface area contributed by atoms with Gasteiger partial charge >= 0.3 is 0 Å². The molecule has 2 heterocycles. The fourth-order valence-corrected chi connectivity index (χ4v) is 3.19. The number of aromatic nitrogens is 4. The van der Waals surface area contributed by atoms with E-state index in [0.29, 0.717) is 6.54 Å². The third-order valence-electron chi connectivity index (χ3n) is 4.53. The van der Waals surface area contributed by atoms with Crippen LogP contribution in [0.25, 0.3) is 11.4 Å². The summed E-state index contributed by atoms with van der Waals surface area (Å²) >= 11 is 0. The monoisotopic (exact) mass is 371 g/mol. The summed E-state index contributed by atoms with van der Waals surface area (Å²) in [4.78, 5) is 17.2. The first-order valence-corrected chi connectivity index (χ1v) is 9.18. The number of hydrogen-bond acceptors (Lipinski definition) is 3. The molecular weight excluding hydrogens is 350 g/mol. The maximum atomic E-state index is 12.8. The van der Waals surface area contributed by atoms with Crippen LogP contribution in [0.5, 0.6) is 0 Å². The van der Waals surface area contributed by atoms with Crippen LogP contribution in [0.3, 0.4) is 0 Å². The Labute approximate surface area is 163 Å². The molecule has 0 bridgehead atoms. The van der Waals surface area contributed by atoms with E-state index in [-0.39, 0.29) is 18.5 Å². The van der Waals surface area contributed by atoms with Crippen molar-refractivity contribution in [2.75, 3.05) is 0 Å². The Kier molecular flexibility index (Phi) is 5.29. The normalized spacial score (nSPS) is 11.9. The van der Waals surface area contributed by atoms with Gasteiger partial charge in [-0.3, -0.25) is 9.48 Å². The van der Waals surface area contributed by atoms with Crippen LogP contribution in [0.15, 0.2) is 91.5 Å². The van der Waals surface area contributed by atoms with E-state index in [2.05, 4.69) is 15.4 Å². The zero-order chi connectivity index (χ0) is 19.2. The van der Waals surface area contributed by atoms with E-state index in [1.807, 2.05) is 88.4 Å². The largest absolute Gasteiger partial charge is 0.346 e. The average molecular weight is 371 g/mol. The molecule has 0 fully saturated rings. The van der Waals surface area contributed by atoms with E-state index in [1.165, 1.54) is 0 Å². The number of hydrogen-bond donors (Lipinski definition) is 1. The first-order valence-electron chi connectivity index (χ1n) is 9.18. The summed E-state index contributed by atoms with van der Waals surface area (Å²) in [5.74, 6) is 0.704. The smallest absolute Gasteiger partial charge is 0.240 e. The average Bonchev–Trinajstić information content (AvgIpc) is 3.41. The number of amides is 1. The summed E-state index contributed by atoms with van der Waals surface area (Å²) in [7, 11) is 0. The Morgan fingerprint density at radius 1 is 0.929 bits per heavy atom. The van der Waals surface area contributed by atoms with Crippen molar-refractivity contribution >= 4 is 5.91 Å². The molecule has 1 amide bonds. The highest BCUT2D eigenvalue weighted by Crippen LogP contribution is 2.18. The first-order chi connectivity index (χ1) is 13.8. The standard InChI is InChI=1S/C22H21N5O/c28-21(17-26-15-13-23-22(26)19-10-5-2-6-11-19)25-20(16-27-14-7-12-24-27)18-8-3-1-4-9-18/h1-15,20H,16-17H2,(H,25,28). The number of benzene rings is 2. The fraction of sp³-hybridized carbons (Fsp3) is 0.136. The summed E-state index contributed by atoms with van der Waals surface area (Å²) in [6, 6.07) is 21.5. The third kappa shape index (κ3) is 4.17. The molecule has 0 aliphatic heterocycles. The van der Waals surface area contributed by atoms with Gasteiger partial charge in [0.05, 0.1) is 12.6 Å². The topological polar surface area (TPSA) is 64.7 Å². The molecule has 0 spiro atoms. The number of nitrogens with zero attached hydrogens (tertiary/aromatic N) is 4. The highest BCUT2D eigenvalue weighted by Gasteiger charge is 2.17. The second-order valence-corrected chi connectivity index (χ2v) is 6.50. The van der Waals surface area contributed by atoms with Crippen LogP contribution in [0.4, 0.5) is 0 Å². The number of carbonyl (C=O) groups is 1. The molecule has 1 N–H and O–H groups in total. The minimum absolute atomic E-state index is 0.0730. The summed E-state index contributed by atoms with van der Waals surface area (Å²) < 4.78 is 3.69. The quantitative estimate of drug-likeness (QED) is 0.542. The van der Waals surface area contributed by atoms with E-state index in [4.69, 9.17) is 0 Å². The zero-order valence-electron chi connectivity index (χ0n) is 15.3. The lowest BCUT2D eigenvalue weighted by molar-refractivity contribution is -0.122. The van der Waals surface area contributed by atoms with Gasteiger partial charge in [-0.05, 0) is 11.6 Å². The van der Waals surface area contributed by atoms with Gasteiger partial charge in [0.25, 0.3) is 0 Å². The SMILES string of the molecule is O=C(Cn1ccnc1-c1ccccc1)NC(Cn1cccn1)c1ccccc1. The molecule has 4 aromatic rings. The van der Waals surface area contributed by atoms with Gasteiger partial charge in [-0.15, -0.1) is 0 Å². The zero-order valence-corrected chi connectivity index (χ0v) is 15.3. The molecule has 28 heavy (non-hydrogen) atoms. The second kappa shape index (κ2) is 8.35. The van der Waals surface area contributed by atoms with Crippen molar-refractivity contribution in [1.82, 2.24) is 24.6 Å². The Bertz CT molecular complexity index is 1010. The summed E-state index contributed by atoms with van der Waals surface area (Å²) in [5, 5.41) is 7.41. The van der Waals surface area contributed by atoms with Crippen LogP contribution in [-0.4, -0.2) is 25.2 Å². The second-order valence-electron chi connectivity index (χ2n) is 6.50. The minimum atomic E-state index is -0.169. The van der Waals surface area contributed by atoms with Gasteiger partial charge in [-0.2, -0.15) is 5.10 Å². The van der Waals surface area contributed by atoms with E-state index in [9.17, 15) is 4.79 Å². The van der Waals surface area contributed by atoms with Crippen LogP contribution >= 0.6 is 0 Å². The van der Waals surface area contributed by atoms with Crippen molar-refractivity contribution in [2.24, 2.45) is 0 Å². The molecule has 2 aromatic heterocycles. The summed E-state index contributed by atoms with van der Waals surface area (Å²) in [6.07, 6.45) is 7.17. The first kappa shape index (κ1) is 17.7. The molecule has 1 unspecified atom stereocenters. The van der Waals surface area contributed by atoms with Crippen LogP contribution in [0, 0.1) is 0 Å². The molecule has 0 aliphatic carbocycles. The Balaban J connectivity index is 1.50. The Morgan fingerprint density at radius 3 is 2.39 bits per heavy atom. The lowest BCUT2D eigenvalue weighted by Crippen LogP contribution is -2.34. The maximum Gasteiger partial charge on any atom is 0.240 e. The number of rotatable bonds is 7. The van der Waals surface area contributed by atoms with Gasteiger partial charge in [0, 0.05) is 30.4 Å². The summed E-state index contributed by atoms with van der Waals surface area (Å²) in [5.41, 5.74) is 2.02.